The van der Waals surface area contributed by atoms with Crippen LogP contribution in [0.15, 0.2) is 48.6 Å². The molecule has 2 rings (SSSR count). The predicted octanol–water partition coefficient (Wildman–Crippen LogP) is -2.99. The maximum Gasteiger partial charge on any atom is 2.00 e. The molecule has 0 bridgehead atoms. The first kappa shape index (κ1) is 19.1. The normalized spacial score (nSPS) is 13.5. The minimum Gasteiger partial charge on any atom is -1.00 e. The molecule has 0 fully saturated rings. The Hall–Kier alpha value is 0.410. The zero-order valence-electron chi connectivity index (χ0n) is 7.29. The summed E-state index contributed by atoms with van der Waals surface area (Å²) < 4.78 is 0. The van der Waals surface area contributed by atoms with Gasteiger partial charge in [-0.15, -0.1) is 0 Å². The largest absolute Gasteiger partial charge is 2.00 e. The molecule has 0 saturated heterocycles. The molecule has 0 spiro atoms. The van der Waals surface area contributed by atoms with Crippen molar-refractivity contribution in [2.24, 2.45) is 0 Å². The first-order valence-electron chi connectivity index (χ1n) is 3.63. The van der Waals surface area contributed by atoms with Gasteiger partial charge in [0.15, 0.2) is 0 Å². The van der Waals surface area contributed by atoms with Crippen molar-refractivity contribution in [1.29, 1.82) is 0 Å². The number of hydrogen-bond donors (Lipinski definition) is 0. The Morgan fingerprint density at radius 2 is 0.769 bits per heavy atom. The van der Waals surface area contributed by atoms with Crippen LogP contribution in [0, 0.1) is 0 Å². The summed E-state index contributed by atoms with van der Waals surface area (Å²) in [4.78, 5) is 0. The van der Waals surface area contributed by atoms with Crippen LogP contribution in [0.4, 0.5) is 0 Å². The minimum atomic E-state index is 0. The van der Waals surface area contributed by atoms with Gasteiger partial charge in [-0.1, -0.05) is 48.6 Å². The van der Waals surface area contributed by atoms with E-state index in [9.17, 15) is 0 Å². The van der Waals surface area contributed by atoms with Crippen LogP contribution in [-0.2, 0) is 25.8 Å². The molecule has 2 aliphatic carbocycles. The topological polar surface area (TPSA) is 0 Å². The molecule has 0 atom stereocenters. The number of halogens is 2. The van der Waals surface area contributed by atoms with E-state index in [2.05, 4.69) is 48.6 Å². The van der Waals surface area contributed by atoms with Crippen molar-refractivity contribution in [3.8, 4) is 0 Å². The fraction of sp³-hybridized carbons (Fsp3) is 0.200. The van der Waals surface area contributed by atoms with Crippen molar-refractivity contribution >= 4 is 0 Å². The van der Waals surface area contributed by atoms with Crippen LogP contribution in [0.5, 0.6) is 0 Å². The van der Waals surface area contributed by atoms with E-state index in [1.165, 1.54) is 0 Å². The Kier molecular flexibility index (Phi) is 21.9. The average Bonchev–Trinajstić information content (AvgIpc) is 2.67. The first-order chi connectivity index (χ1) is 5.00. The first-order valence-corrected chi connectivity index (χ1v) is 3.63. The summed E-state index contributed by atoms with van der Waals surface area (Å²) in [6, 6.07) is 0. The second kappa shape index (κ2) is 14.9. The van der Waals surface area contributed by atoms with Gasteiger partial charge in [0.05, 0.1) is 0 Å². The maximum atomic E-state index is 2.12. The second-order valence-corrected chi connectivity index (χ2v) is 2.18. The van der Waals surface area contributed by atoms with Crippen molar-refractivity contribution in [3.05, 3.63) is 48.6 Å². The van der Waals surface area contributed by atoms with E-state index in [0.717, 1.165) is 12.8 Å². The quantitative estimate of drug-likeness (QED) is 0.393. The summed E-state index contributed by atoms with van der Waals surface area (Å²) in [6.45, 7) is 0. The number of allylic oxidation sites excluding steroid dienone is 8. The molecule has 0 unspecified atom stereocenters. The fourth-order valence-electron chi connectivity index (χ4n) is 0.786. The van der Waals surface area contributed by atoms with Crippen LogP contribution in [0.1, 0.15) is 12.8 Å². The monoisotopic (exact) mass is 382 g/mol. The predicted molar refractivity (Wildman–Crippen MR) is 45.8 cm³/mol. The summed E-state index contributed by atoms with van der Waals surface area (Å²) >= 11 is 0. The van der Waals surface area contributed by atoms with Gasteiger partial charge in [0, 0.05) is 0 Å². The Balaban J connectivity index is -0.000000125. The molecule has 0 aromatic rings. The molecule has 0 saturated carbocycles. The third-order valence-corrected chi connectivity index (χ3v) is 1.31. The zero-order valence-corrected chi connectivity index (χ0v) is 12.4. The van der Waals surface area contributed by atoms with Gasteiger partial charge >= 0.3 is 25.8 Å². The van der Waals surface area contributed by atoms with Crippen molar-refractivity contribution in [3.63, 3.8) is 0 Å². The average molecular weight is 382 g/mol. The molecular weight excluding hydrogens is 370 g/mol. The Morgan fingerprint density at radius 1 is 0.538 bits per heavy atom. The van der Waals surface area contributed by atoms with Crippen molar-refractivity contribution in [2.75, 3.05) is 0 Å². The molecule has 0 heterocycles. The number of hydrogen-bond acceptors (Lipinski definition) is 0. The Morgan fingerprint density at radius 3 is 0.846 bits per heavy atom. The smallest absolute Gasteiger partial charge is 1.00 e. The van der Waals surface area contributed by atoms with E-state index in [0.29, 0.717) is 0 Å². The SMILES string of the molecule is C1=CCC=C1.C1=CCC=C1.[Cl-].[Cl-].[Hf+2]. The standard InChI is InChI=1S/2C5H6.2ClH.Hf/c2*1-2-4-5-3-1;;;/h2*1-4H,5H2;2*1H;/q;;;;+2/p-2. The molecule has 70 valence electrons. The molecule has 0 amide bonds. The maximum absolute atomic E-state index is 2.12. The van der Waals surface area contributed by atoms with Gasteiger partial charge in [0.1, 0.15) is 0 Å². The second-order valence-electron chi connectivity index (χ2n) is 2.18. The van der Waals surface area contributed by atoms with Crippen LogP contribution in [-0.4, -0.2) is 0 Å². The van der Waals surface area contributed by atoms with Gasteiger partial charge in [-0.3, -0.25) is 0 Å². The summed E-state index contributed by atoms with van der Waals surface area (Å²) in [5, 5.41) is 0. The Labute approximate surface area is 111 Å². The Bertz CT molecular complexity index is 151. The zero-order chi connectivity index (χ0) is 7.07. The van der Waals surface area contributed by atoms with Gasteiger partial charge in [-0.25, -0.2) is 0 Å². The summed E-state index contributed by atoms with van der Waals surface area (Å²) in [5.74, 6) is 0. The third-order valence-electron chi connectivity index (χ3n) is 1.31. The van der Waals surface area contributed by atoms with Crippen molar-refractivity contribution < 1.29 is 50.7 Å². The van der Waals surface area contributed by atoms with Gasteiger partial charge in [-0.05, 0) is 12.8 Å². The third kappa shape index (κ3) is 12.4. The molecule has 0 aromatic carbocycles. The molecule has 0 nitrogen and oxygen atoms in total. The number of rotatable bonds is 0. The van der Waals surface area contributed by atoms with Gasteiger partial charge < -0.3 is 24.8 Å². The van der Waals surface area contributed by atoms with E-state index in [-0.39, 0.29) is 50.7 Å². The molecule has 0 N–H and O–H groups in total. The van der Waals surface area contributed by atoms with Crippen molar-refractivity contribution in [2.45, 2.75) is 12.8 Å². The van der Waals surface area contributed by atoms with E-state index < -0.39 is 0 Å². The van der Waals surface area contributed by atoms with Crippen LogP contribution < -0.4 is 24.8 Å². The fourth-order valence-corrected chi connectivity index (χ4v) is 0.786. The summed E-state index contributed by atoms with van der Waals surface area (Å²) in [7, 11) is 0. The van der Waals surface area contributed by atoms with Gasteiger partial charge in [0.2, 0.25) is 0 Å². The molecular formula is C10H12Cl2Hf. The molecule has 0 aliphatic heterocycles. The minimum absolute atomic E-state index is 0. The van der Waals surface area contributed by atoms with E-state index >= 15 is 0 Å². The van der Waals surface area contributed by atoms with Crippen LogP contribution in [0.25, 0.3) is 0 Å². The van der Waals surface area contributed by atoms with Gasteiger partial charge in [0.25, 0.3) is 0 Å². The van der Waals surface area contributed by atoms with Gasteiger partial charge in [-0.2, -0.15) is 0 Å². The summed E-state index contributed by atoms with van der Waals surface area (Å²) in [6.07, 6.45) is 19.0. The van der Waals surface area contributed by atoms with E-state index in [4.69, 9.17) is 0 Å². The van der Waals surface area contributed by atoms with E-state index in [1.807, 2.05) is 0 Å². The summed E-state index contributed by atoms with van der Waals surface area (Å²) in [5.41, 5.74) is 0. The van der Waals surface area contributed by atoms with E-state index in [1.54, 1.807) is 0 Å². The van der Waals surface area contributed by atoms with Crippen LogP contribution in [0.2, 0.25) is 0 Å². The molecule has 13 heavy (non-hydrogen) atoms. The van der Waals surface area contributed by atoms with Crippen molar-refractivity contribution in [1.82, 2.24) is 0 Å². The van der Waals surface area contributed by atoms with Crippen LogP contribution in [0.3, 0.4) is 0 Å². The molecule has 0 radical (unpaired) electrons. The molecule has 0 aromatic heterocycles. The van der Waals surface area contributed by atoms with Crippen LogP contribution >= 0.6 is 0 Å². The molecule has 2 aliphatic rings. The molecule has 3 heteroatoms.